The number of nitrogens with one attached hydrogen (secondary N) is 1. The summed E-state index contributed by atoms with van der Waals surface area (Å²) in [6.45, 7) is 2.33. The highest BCUT2D eigenvalue weighted by Gasteiger charge is 2.51. The summed E-state index contributed by atoms with van der Waals surface area (Å²) >= 11 is 0. The number of benzene rings is 4. The molecule has 0 heterocycles. The van der Waals surface area contributed by atoms with Crippen LogP contribution >= 0.6 is 7.26 Å². The van der Waals surface area contributed by atoms with Gasteiger partial charge in [-0.2, -0.15) is 0 Å². The highest BCUT2D eigenvalue weighted by Crippen LogP contribution is 2.58. The number of hydrogen-bond acceptors (Lipinski definition) is 2. The van der Waals surface area contributed by atoms with Crippen LogP contribution < -0.4 is 21.2 Å². The molecule has 0 saturated carbocycles. The van der Waals surface area contributed by atoms with Crippen molar-refractivity contribution in [3.63, 3.8) is 0 Å². The van der Waals surface area contributed by atoms with E-state index in [0.717, 1.165) is 5.56 Å². The Labute approximate surface area is 190 Å². The fourth-order valence-corrected chi connectivity index (χ4v) is 8.60. The van der Waals surface area contributed by atoms with Crippen molar-refractivity contribution in [2.24, 2.45) is 0 Å². The van der Waals surface area contributed by atoms with Gasteiger partial charge in [0, 0.05) is 0 Å². The van der Waals surface area contributed by atoms with Crippen molar-refractivity contribution in [1.29, 1.82) is 0 Å². The fourth-order valence-electron chi connectivity index (χ4n) is 4.14. The fraction of sp³-hybridized carbons (Fsp3) is 0.107. The molecule has 4 aromatic carbocycles. The first kappa shape index (κ1) is 21.8. The van der Waals surface area contributed by atoms with Gasteiger partial charge in [0.1, 0.15) is 29.8 Å². The van der Waals surface area contributed by atoms with E-state index < -0.39 is 13.4 Å². The molecule has 0 aliphatic heterocycles. The van der Waals surface area contributed by atoms with Crippen molar-refractivity contribution >= 4 is 29.3 Å². The van der Waals surface area contributed by atoms with Crippen LogP contribution in [0, 0.1) is 0 Å². The molecule has 1 atom stereocenters. The third-order valence-electron chi connectivity index (χ3n) is 5.61. The van der Waals surface area contributed by atoms with Crippen LogP contribution in [0.5, 0.6) is 0 Å². The van der Waals surface area contributed by atoms with Crippen LogP contribution in [0.3, 0.4) is 0 Å². The lowest BCUT2D eigenvalue weighted by atomic mass is 10.2. The molecule has 32 heavy (non-hydrogen) atoms. The zero-order valence-electron chi connectivity index (χ0n) is 18.1. The second-order valence-corrected chi connectivity index (χ2v) is 11.4. The second-order valence-electron chi connectivity index (χ2n) is 7.61. The lowest BCUT2D eigenvalue weighted by Gasteiger charge is -2.32. The Morgan fingerprint density at radius 1 is 0.688 bits per heavy atom. The molecule has 1 N–H and O–H groups in total. The minimum Gasteiger partial charge on any atom is -0.445 e. The Kier molecular flexibility index (Phi) is 6.99. The van der Waals surface area contributed by atoms with Crippen molar-refractivity contribution in [2.75, 3.05) is 0 Å². The smallest absolute Gasteiger partial charge is 0.410 e. The number of rotatable bonds is 7. The third kappa shape index (κ3) is 4.59. The monoisotopic (exact) mass is 440 g/mol. The molecule has 160 valence electrons. The summed E-state index contributed by atoms with van der Waals surface area (Å²) in [6, 6.07) is 41.2. The van der Waals surface area contributed by atoms with E-state index >= 15 is 0 Å². The molecule has 3 nitrogen and oxygen atoms in total. The van der Waals surface area contributed by atoms with Gasteiger partial charge in [0.05, 0.1) is 0 Å². The Hall–Kier alpha value is -3.42. The first-order valence-electron chi connectivity index (χ1n) is 10.7. The van der Waals surface area contributed by atoms with Crippen LogP contribution in [0.4, 0.5) is 4.79 Å². The van der Waals surface area contributed by atoms with Gasteiger partial charge in [-0.15, -0.1) is 0 Å². The number of hydrogen-bond donors (Lipinski definition) is 1. The number of carbonyl (C=O) groups is 1. The van der Waals surface area contributed by atoms with E-state index in [2.05, 4.69) is 85.0 Å². The predicted molar refractivity (Wildman–Crippen MR) is 134 cm³/mol. The average molecular weight is 441 g/mol. The summed E-state index contributed by atoms with van der Waals surface area (Å²) in [6.07, 6.45) is -0.409. The van der Waals surface area contributed by atoms with Crippen LogP contribution in [0.15, 0.2) is 121 Å². The van der Waals surface area contributed by atoms with E-state index in [1.165, 1.54) is 15.9 Å². The van der Waals surface area contributed by atoms with Gasteiger partial charge < -0.3 is 4.74 Å². The van der Waals surface area contributed by atoms with Gasteiger partial charge in [-0.1, -0.05) is 84.9 Å². The van der Waals surface area contributed by atoms with Gasteiger partial charge in [-0.25, -0.2) is 4.79 Å². The molecule has 4 heteroatoms. The Morgan fingerprint density at radius 3 is 1.47 bits per heavy atom. The number of amides is 1. The quantitative estimate of drug-likeness (QED) is 0.399. The van der Waals surface area contributed by atoms with E-state index in [-0.39, 0.29) is 12.4 Å². The Bertz CT molecular complexity index is 1020. The summed E-state index contributed by atoms with van der Waals surface area (Å²) < 4.78 is 5.57. The summed E-state index contributed by atoms with van der Waals surface area (Å²) in [4.78, 5) is 12.9. The van der Waals surface area contributed by atoms with Crippen molar-refractivity contribution < 1.29 is 9.53 Å². The third-order valence-corrected chi connectivity index (χ3v) is 10.2. The summed E-state index contributed by atoms with van der Waals surface area (Å²) in [5.74, 6) is -0.169. The topological polar surface area (TPSA) is 38.3 Å². The van der Waals surface area contributed by atoms with Gasteiger partial charge in [0.25, 0.3) is 0 Å². The highest BCUT2D eigenvalue weighted by molar-refractivity contribution is 7.96. The molecule has 0 bridgehead atoms. The van der Waals surface area contributed by atoms with Crippen molar-refractivity contribution in [2.45, 2.75) is 19.3 Å². The van der Waals surface area contributed by atoms with E-state index in [9.17, 15) is 4.79 Å². The summed E-state index contributed by atoms with van der Waals surface area (Å²) in [5.41, 5.74) is 0.963. The average Bonchev–Trinajstić information content (AvgIpc) is 2.86. The molecule has 4 aromatic rings. The molecule has 0 radical (unpaired) electrons. The second kappa shape index (κ2) is 10.3. The number of carbonyl (C=O) groups excluding carboxylic acids is 1. The van der Waals surface area contributed by atoms with Crippen LogP contribution in [0.2, 0.25) is 0 Å². The normalized spacial score (nSPS) is 12.0. The first-order chi connectivity index (χ1) is 15.7. The van der Waals surface area contributed by atoms with Gasteiger partial charge in [0.2, 0.25) is 0 Å². The molecule has 0 aliphatic carbocycles. The van der Waals surface area contributed by atoms with Crippen molar-refractivity contribution in [1.82, 2.24) is 5.32 Å². The molecule has 0 spiro atoms. The molecular formula is C28H27NO2P+. The standard InChI is InChI=1S/C28H26NO2P/c1-23(29-28(30)31-22-24-14-6-2-7-15-24)32(25-16-8-3-9-17-25,26-18-10-4-11-19-26)27-20-12-5-13-21-27/h2-21,23H,22H2,1H3/p+1. The van der Waals surface area contributed by atoms with Crippen LogP contribution in [0.25, 0.3) is 0 Å². The SMILES string of the molecule is CC(NC(=O)OCc1ccccc1)[P+](c1ccccc1)(c1ccccc1)c1ccccc1. The van der Waals surface area contributed by atoms with E-state index in [4.69, 9.17) is 4.74 Å². The molecule has 0 fully saturated rings. The zero-order chi connectivity index (χ0) is 22.2. The van der Waals surface area contributed by atoms with Gasteiger partial charge in [-0.3, -0.25) is 5.32 Å². The minimum absolute atomic E-state index is 0.169. The van der Waals surface area contributed by atoms with Crippen LogP contribution in [-0.2, 0) is 11.3 Å². The molecule has 1 unspecified atom stereocenters. The van der Waals surface area contributed by atoms with E-state index in [1.54, 1.807) is 0 Å². The maximum Gasteiger partial charge on any atom is 0.410 e. The van der Waals surface area contributed by atoms with E-state index in [0.29, 0.717) is 0 Å². The number of alkyl carbamates (subject to hydrolysis) is 1. The lowest BCUT2D eigenvalue weighted by Crippen LogP contribution is -2.46. The maximum atomic E-state index is 12.9. The van der Waals surface area contributed by atoms with Crippen LogP contribution in [-0.4, -0.2) is 11.9 Å². The molecule has 0 aromatic heterocycles. The Balaban J connectivity index is 1.72. The van der Waals surface area contributed by atoms with Crippen molar-refractivity contribution in [3.05, 3.63) is 127 Å². The highest BCUT2D eigenvalue weighted by atomic mass is 31.2. The predicted octanol–water partition coefficient (Wildman–Crippen LogP) is 5.25. The van der Waals surface area contributed by atoms with Crippen molar-refractivity contribution in [3.8, 4) is 0 Å². The largest absolute Gasteiger partial charge is 0.445 e. The van der Waals surface area contributed by atoms with Gasteiger partial charge in [0.15, 0.2) is 5.78 Å². The lowest BCUT2D eigenvalue weighted by molar-refractivity contribution is 0.139. The zero-order valence-corrected chi connectivity index (χ0v) is 19.0. The van der Waals surface area contributed by atoms with Gasteiger partial charge in [-0.05, 0) is 48.9 Å². The molecular weight excluding hydrogens is 413 g/mol. The summed E-state index contributed by atoms with van der Waals surface area (Å²) in [7, 11) is -2.21. The molecule has 4 rings (SSSR count). The number of ether oxygens (including phenoxy) is 1. The molecule has 0 saturated heterocycles. The molecule has 0 aliphatic rings. The van der Waals surface area contributed by atoms with E-state index in [1.807, 2.05) is 48.5 Å². The minimum atomic E-state index is -2.21. The Morgan fingerprint density at radius 2 is 1.06 bits per heavy atom. The first-order valence-corrected chi connectivity index (χ1v) is 12.6. The van der Waals surface area contributed by atoms with Crippen LogP contribution in [0.1, 0.15) is 12.5 Å². The maximum absolute atomic E-state index is 12.9. The van der Waals surface area contributed by atoms with Gasteiger partial charge >= 0.3 is 6.09 Å². The summed E-state index contributed by atoms with van der Waals surface area (Å²) in [5, 5.41) is 6.82. The molecule has 1 amide bonds.